The lowest BCUT2D eigenvalue weighted by atomic mass is 10.0. The van der Waals surface area contributed by atoms with Gasteiger partial charge in [-0.15, -0.1) is 31.4 Å². The van der Waals surface area contributed by atoms with Crippen molar-refractivity contribution < 1.29 is 49.8 Å². The van der Waals surface area contributed by atoms with Crippen LogP contribution in [0.1, 0.15) is 35.1 Å². The molecular weight excluding hydrogens is 466 g/mol. The van der Waals surface area contributed by atoms with Gasteiger partial charge in [0.1, 0.15) is 12.4 Å². The quantitative estimate of drug-likeness (QED) is 0.435. The Morgan fingerprint density at radius 2 is 1.79 bits per heavy atom. The molecule has 15 heteroatoms. The number of benzene rings is 1. The van der Waals surface area contributed by atoms with Gasteiger partial charge in [-0.3, -0.25) is 9.53 Å². The fraction of sp³-hybridized carbons (Fsp3) is 0.500. The summed E-state index contributed by atoms with van der Waals surface area (Å²) in [5.41, 5.74) is 0.167. The lowest BCUT2D eigenvalue weighted by molar-refractivity contribution is -0.325. The van der Waals surface area contributed by atoms with Crippen molar-refractivity contribution in [3.05, 3.63) is 35.7 Å². The van der Waals surface area contributed by atoms with Gasteiger partial charge >= 0.3 is 18.8 Å². The minimum absolute atomic E-state index is 0.167. The molecule has 0 bridgehead atoms. The van der Waals surface area contributed by atoms with Crippen molar-refractivity contribution >= 4 is 5.91 Å². The maximum Gasteiger partial charge on any atom is 0.573 e. The number of carbonyl (C=O) groups is 1. The van der Waals surface area contributed by atoms with E-state index in [-0.39, 0.29) is 29.6 Å². The van der Waals surface area contributed by atoms with E-state index in [4.69, 9.17) is 9.15 Å². The third-order valence-electron chi connectivity index (χ3n) is 4.39. The molecule has 0 spiro atoms. The minimum Gasteiger partial charge on any atom is -0.447 e. The van der Waals surface area contributed by atoms with E-state index >= 15 is 0 Å². The molecule has 0 unspecified atom stereocenters. The summed E-state index contributed by atoms with van der Waals surface area (Å²) >= 11 is 0. The van der Waals surface area contributed by atoms with Gasteiger partial charge in [0.25, 0.3) is 5.91 Å². The zero-order valence-electron chi connectivity index (χ0n) is 16.7. The Hall–Kier alpha value is -3.07. The van der Waals surface area contributed by atoms with Gasteiger partial charge in [0.05, 0.1) is 12.6 Å². The predicted molar refractivity (Wildman–Crippen MR) is 96.2 cm³/mol. The summed E-state index contributed by atoms with van der Waals surface area (Å²) in [7, 11) is 0. The smallest absolute Gasteiger partial charge is 0.447 e. The second kappa shape index (κ2) is 10.2. The Morgan fingerprint density at radius 1 is 1.06 bits per heavy atom. The Morgan fingerprint density at radius 3 is 2.39 bits per heavy atom. The number of nitrogens with one attached hydrogen (secondary N) is 2. The molecule has 1 amide bonds. The number of hydrogen-bond donors (Lipinski definition) is 2. The van der Waals surface area contributed by atoms with Crippen molar-refractivity contribution in [3.63, 3.8) is 0 Å². The molecule has 9 nitrogen and oxygen atoms in total. The maximum atomic E-state index is 12.3. The fourth-order valence-electron chi connectivity index (χ4n) is 2.97. The summed E-state index contributed by atoms with van der Waals surface area (Å²) < 4.78 is 89.8. The summed E-state index contributed by atoms with van der Waals surface area (Å²) in [6.07, 6.45) is -8.86. The van der Waals surface area contributed by atoms with Crippen molar-refractivity contribution in [1.29, 1.82) is 0 Å². The van der Waals surface area contributed by atoms with Gasteiger partial charge in [0.15, 0.2) is 0 Å². The van der Waals surface area contributed by atoms with Crippen LogP contribution in [-0.4, -0.2) is 54.6 Å². The zero-order valence-corrected chi connectivity index (χ0v) is 16.7. The van der Waals surface area contributed by atoms with Gasteiger partial charge in [-0.1, -0.05) is 5.10 Å². The molecule has 2 atom stereocenters. The van der Waals surface area contributed by atoms with Gasteiger partial charge < -0.3 is 24.5 Å². The first-order valence-corrected chi connectivity index (χ1v) is 9.55. The van der Waals surface area contributed by atoms with Crippen molar-refractivity contribution in [3.8, 4) is 11.8 Å². The van der Waals surface area contributed by atoms with E-state index in [2.05, 4.69) is 30.3 Å². The predicted octanol–water partition coefficient (Wildman–Crippen LogP) is 3.11. The molecule has 1 aliphatic rings. The van der Waals surface area contributed by atoms with Crippen molar-refractivity contribution in [2.24, 2.45) is 0 Å². The zero-order chi connectivity index (χ0) is 24.1. The highest BCUT2D eigenvalue weighted by atomic mass is 19.4. The highest BCUT2D eigenvalue weighted by molar-refractivity contribution is 5.94. The highest BCUT2D eigenvalue weighted by Gasteiger charge is 2.31. The summed E-state index contributed by atoms with van der Waals surface area (Å²) in [6, 6.07) is 3.90. The molecule has 1 aliphatic heterocycles. The van der Waals surface area contributed by atoms with E-state index in [0.717, 1.165) is 12.1 Å². The number of alkyl halides is 6. The summed E-state index contributed by atoms with van der Waals surface area (Å²) in [5, 5.41) is 13.2. The molecule has 1 aromatic carbocycles. The molecule has 0 aliphatic carbocycles. The first-order valence-electron chi connectivity index (χ1n) is 9.55. The number of amides is 1. The summed E-state index contributed by atoms with van der Waals surface area (Å²) in [5.74, 6) is -0.725. The van der Waals surface area contributed by atoms with Crippen LogP contribution < -0.4 is 20.1 Å². The molecule has 3 rings (SSSR count). The van der Waals surface area contributed by atoms with Crippen LogP contribution in [0.4, 0.5) is 26.3 Å². The normalized spacial score (nSPS) is 19.2. The number of halogens is 6. The molecular formula is C18H18F6N4O5. The van der Waals surface area contributed by atoms with E-state index < -0.39 is 37.6 Å². The van der Waals surface area contributed by atoms with Crippen LogP contribution in [0.2, 0.25) is 0 Å². The molecule has 182 valence electrons. The van der Waals surface area contributed by atoms with E-state index in [1.807, 2.05) is 0 Å². The number of piperidine rings is 1. The van der Waals surface area contributed by atoms with E-state index in [0.29, 0.717) is 19.4 Å². The Bertz CT molecular complexity index is 910. The fourth-order valence-corrected chi connectivity index (χ4v) is 2.97. The minimum atomic E-state index is -4.82. The van der Waals surface area contributed by atoms with Crippen LogP contribution >= 0.6 is 0 Å². The van der Waals surface area contributed by atoms with Crippen LogP contribution in [0.3, 0.4) is 0 Å². The van der Waals surface area contributed by atoms with Crippen molar-refractivity contribution in [1.82, 2.24) is 20.8 Å². The van der Waals surface area contributed by atoms with Gasteiger partial charge in [-0.2, -0.15) is 0 Å². The van der Waals surface area contributed by atoms with E-state index in [1.54, 1.807) is 0 Å². The molecule has 33 heavy (non-hydrogen) atoms. The molecule has 0 radical (unpaired) electrons. The van der Waals surface area contributed by atoms with Crippen LogP contribution in [0.25, 0.3) is 0 Å². The second-order valence-electron chi connectivity index (χ2n) is 6.83. The van der Waals surface area contributed by atoms with Crippen LogP contribution in [0, 0.1) is 0 Å². The topological polar surface area (TPSA) is 108 Å². The first-order chi connectivity index (χ1) is 15.5. The van der Waals surface area contributed by atoms with E-state index in [9.17, 15) is 31.1 Å². The number of aromatic nitrogens is 2. The third kappa shape index (κ3) is 8.09. The number of hydrogen-bond acceptors (Lipinski definition) is 8. The Balaban J connectivity index is 1.42. The molecule has 1 aromatic heterocycles. The molecule has 2 heterocycles. The van der Waals surface area contributed by atoms with Crippen LogP contribution in [0.15, 0.2) is 28.7 Å². The van der Waals surface area contributed by atoms with Crippen molar-refractivity contribution in [2.45, 2.75) is 37.7 Å². The summed E-state index contributed by atoms with van der Waals surface area (Å²) in [4.78, 5) is 12.3. The standard InChI is InChI=1S/C18H18F6N4O5/c19-17(20,21)31-8-7-30-16-28-27-15(32-16)13-6-3-11(9-25-13)26-14(29)10-1-4-12(5-2-10)33-18(22,23)24/h1-2,4-5,11,13,25H,3,6-9H2,(H,26,29)/t11-,13+/m0/s1. The van der Waals surface area contributed by atoms with Gasteiger partial charge in [-0.05, 0) is 37.1 Å². The average Bonchev–Trinajstić information content (AvgIpc) is 3.19. The van der Waals surface area contributed by atoms with Gasteiger partial charge in [0.2, 0.25) is 5.89 Å². The molecule has 2 aromatic rings. The van der Waals surface area contributed by atoms with Crippen molar-refractivity contribution in [2.75, 3.05) is 19.8 Å². The molecule has 1 saturated heterocycles. The van der Waals surface area contributed by atoms with Gasteiger partial charge in [-0.25, -0.2) is 0 Å². The lowest BCUT2D eigenvalue weighted by Gasteiger charge is -2.28. The second-order valence-corrected chi connectivity index (χ2v) is 6.83. The average molecular weight is 484 g/mol. The van der Waals surface area contributed by atoms with E-state index in [1.165, 1.54) is 12.1 Å². The Kier molecular flexibility index (Phi) is 7.63. The SMILES string of the molecule is O=C(N[C@H]1CC[C@H](c2nnc(OCCOC(F)(F)F)o2)NC1)c1ccc(OC(F)(F)F)cc1. The number of rotatable bonds is 8. The van der Waals surface area contributed by atoms with Crippen LogP contribution in [0.5, 0.6) is 11.8 Å². The number of nitrogens with zero attached hydrogens (tertiary/aromatic N) is 2. The molecule has 2 N–H and O–H groups in total. The molecule has 1 fully saturated rings. The number of ether oxygens (including phenoxy) is 3. The third-order valence-corrected chi connectivity index (χ3v) is 4.39. The Labute approximate surface area is 182 Å². The first kappa shape index (κ1) is 24.6. The monoisotopic (exact) mass is 484 g/mol. The highest BCUT2D eigenvalue weighted by Crippen LogP contribution is 2.25. The van der Waals surface area contributed by atoms with Crippen LogP contribution in [-0.2, 0) is 4.74 Å². The lowest BCUT2D eigenvalue weighted by Crippen LogP contribution is -2.46. The maximum absolute atomic E-state index is 12.3. The van der Waals surface area contributed by atoms with Gasteiger partial charge in [0, 0.05) is 18.2 Å². The largest absolute Gasteiger partial charge is 0.573 e. The molecule has 0 saturated carbocycles. The summed E-state index contributed by atoms with van der Waals surface area (Å²) in [6.45, 7) is -0.831. The number of carbonyl (C=O) groups excluding carboxylic acids is 1.